The van der Waals surface area contributed by atoms with Crippen LogP contribution in [0.25, 0.3) is 0 Å². The van der Waals surface area contributed by atoms with Crippen LogP contribution in [0.1, 0.15) is 48.5 Å². The number of aliphatic carboxylic acids is 1. The van der Waals surface area contributed by atoms with Crippen molar-refractivity contribution in [3.8, 4) is 0 Å². The third-order valence-corrected chi connectivity index (χ3v) is 5.06. The molecule has 0 spiro atoms. The molecule has 1 saturated carbocycles. The molecule has 0 aliphatic heterocycles. The highest BCUT2D eigenvalue weighted by atomic mass is 79.9. The van der Waals surface area contributed by atoms with Crippen molar-refractivity contribution >= 4 is 27.8 Å². The molecule has 0 heterocycles. The van der Waals surface area contributed by atoms with Crippen LogP contribution in [0, 0.1) is 12.3 Å². The van der Waals surface area contributed by atoms with Crippen LogP contribution in [0.3, 0.4) is 0 Å². The maximum Gasteiger partial charge on any atom is 0.311 e. The van der Waals surface area contributed by atoms with E-state index in [2.05, 4.69) is 21.2 Å². The molecule has 21 heavy (non-hydrogen) atoms. The minimum atomic E-state index is -0.885. The van der Waals surface area contributed by atoms with Gasteiger partial charge in [0, 0.05) is 10.5 Å². The lowest BCUT2D eigenvalue weighted by Crippen LogP contribution is -2.52. The number of amides is 1. The van der Waals surface area contributed by atoms with Gasteiger partial charge in [0.25, 0.3) is 5.91 Å². The van der Waals surface area contributed by atoms with Crippen molar-refractivity contribution in [2.45, 2.75) is 45.6 Å². The number of aryl methyl sites for hydroxylation is 1. The molecule has 5 heteroatoms. The van der Waals surface area contributed by atoms with E-state index in [-0.39, 0.29) is 11.9 Å². The maximum atomic E-state index is 12.5. The fourth-order valence-electron chi connectivity index (χ4n) is 2.87. The minimum absolute atomic E-state index is 0.218. The number of carboxylic acid groups (broad SMARTS) is 1. The molecule has 0 saturated heterocycles. The summed E-state index contributed by atoms with van der Waals surface area (Å²) in [6, 6.07) is 5.23. The summed E-state index contributed by atoms with van der Waals surface area (Å²) in [7, 11) is 0. The summed E-state index contributed by atoms with van der Waals surface area (Å²) in [5.41, 5.74) is 0.658. The van der Waals surface area contributed by atoms with Gasteiger partial charge in [-0.1, -0.05) is 24.5 Å². The number of rotatable bonds is 3. The summed E-state index contributed by atoms with van der Waals surface area (Å²) < 4.78 is 0.721. The van der Waals surface area contributed by atoms with Crippen LogP contribution in [0.4, 0.5) is 0 Å². The van der Waals surface area contributed by atoms with Gasteiger partial charge in [-0.2, -0.15) is 0 Å². The van der Waals surface area contributed by atoms with Crippen molar-refractivity contribution in [1.82, 2.24) is 5.32 Å². The van der Waals surface area contributed by atoms with E-state index in [0.717, 1.165) is 22.9 Å². The van der Waals surface area contributed by atoms with E-state index in [9.17, 15) is 14.7 Å². The number of carbonyl (C=O) groups excluding carboxylic acids is 1. The van der Waals surface area contributed by atoms with E-state index < -0.39 is 11.4 Å². The smallest absolute Gasteiger partial charge is 0.311 e. The summed E-state index contributed by atoms with van der Waals surface area (Å²) >= 11 is 3.38. The zero-order valence-corrected chi connectivity index (χ0v) is 13.9. The summed E-state index contributed by atoms with van der Waals surface area (Å²) in [5, 5.41) is 12.4. The van der Waals surface area contributed by atoms with E-state index in [1.165, 1.54) is 0 Å². The molecule has 4 nitrogen and oxygen atoms in total. The average molecular weight is 354 g/mol. The quantitative estimate of drug-likeness (QED) is 0.873. The third-order valence-electron chi connectivity index (χ3n) is 4.37. The Morgan fingerprint density at radius 3 is 2.76 bits per heavy atom. The van der Waals surface area contributed by atoms with Crippen molar-refractivity contribution in [1.29, 1.82) is 0 Å². The largest absolute Gasteiger partial charge is 0.481 e. The monoisotopic (exact) mass is 353 g/mol. The zero-order valence-electron chi connectivity index (χ0n) is 12.3. The number of nitrogens with one attached hydrogen (secondary N) is 1. The Morgan fingerprint density at radius 1 is 1.38 bits per heavy atom. The van der Waals surface area contributed by atoms with Crippen molar-refractivity contribution < 1.29 is 14.7 Å². The van der Waals surface area contributed by atoms with Gasteiger partial charge in [-0.15, -0.1) is 0 Å². The highest BCUT2D eigenvalue weighted by Gasteiger charge is 2.44. The lowest BCUT2D eigenvalue weighted by Gasteiger charge is -2.38. The Hall–Kier alpha value is -1.36. The number of halogens is 1. The van der Waals surface area contributed by atoms with Crippen LogP contribution in [0.15, 0.2) is 22.7 Å². The van der Waals surface area contributed by atoms with Crippen molar-refractivity contribution in [3.63, 3.8) is 0 Å². The van der Waals surface area contributed by atoms with Crippen LogP contribution in [0.2, 0.25) is 0 Å². The van der Waals surface area contributed by atoms with E-state index in [1.807, 2.05) is 19.1 Å². The highest BCUT2D eigenvalue weighted by molar-refractivity contribution is 9.10. The number of carbonyl (C=O) groups is 2. The summed E-state index contributed by atoms with van der Waals surface area (Å²) in [5.74, 6) is -1.05. The number of benzene rings is 1. The molecular formula is C16H20BrNO3. The minimum Gasteiger partial charge on any atom is -0.481 e. The van der Waals surface area contributed by atoms with Crippen LogP contribution >= 0.6 is 15.9 Å². The van der Waals surface area contributed by atoms with Gasteiger partial charge >= 0.3 is 5.97 Å². The molecule has 2 unspecified atom stereocenters. The molecule has 114 valence electrons. The van der Waals surface area contributed by atoms with Gasteiger partial charge in [-0.25, -0.2) is 0 Å². The Morgan fingerprint density at radius 2 is 2.10 bits per heavy atom. The average Bonchev–Trinajstić information content (AvgIpc) is 2.43. The molecule has 1 aliphatic carbocycles. The van der Waals surface area contributed by atoms with Crippen LogP contribution in [-0.4, -0.2) is 23.0 Å². The van der Waals surface area contributed by atoms with Crippen molar-refractivity contribution in [2.75, 3.05) is 0 Å². The zero-order chi connectivity index (χ0) is 15.6. The molecule has 2 rings (SSSR count). The van der Waals surface area contributed by atoms with Crippen molar-refractivity contribution in [3.05, 3.63) is 33.8 Å². The van der Waals surface area contributed by atoms with Gasteiger partial charge in [0.1, 0.15) is 0 Å². The molecule has 1 aromatic rings. The first-order valence-electron chi connectivity index (χ1n) is 7.15. The molecule has 1 amide bonds. The van der Waals surface area contributed by atoms with Gasteiger partial charge in [-0.05, 0) is 54.8 Å². The Bertz CT molecular complexity index is 573. The van der Waals surface area contributed by atoms with E-state index >= 15 is 0 Å². The molecule has 1 fully saturated rings. The standard InChI is InChI=1S/C16H20BrNO3/c1-10-6-7-12(17)11(9-10)14(19)18-13-5-3-4-8-16(13,2)15(20)21/h6-7,9,13H,3-5,8H2,1-2H3,(H,18,19)(H,20,21). The fourth-order valence-corrected chi connectivity index (χ4v) is 3.30. The topological polar surface area (TPSA) is 66.4 Å². The molecule has 2 atom stereocenters. The number of carboxylic acids is 1. The molecular weight excluding hydrogens is 334 g/mol. The molecule has 0 aromatic heterocycles. The van der Waals surface area contributed by atoms with E-state index in [1.54, 1.807) is 13.0 Å². The predicted octanol–water partition coefficient (Wildman–Crippen LogP) is 3.52. The van der Waals surface area contributed by atoms with Gasteiger partial charge in [-0.3, -0.25) is 9.59 Å². The number of hydrogen-bond acceptors (Lipinski definition) is 2. The first kappa shape index (κ1) is 16.0. The first-order valence-corrected chi connectivity index (χ1v) is 7.94. The molecule has 0 bridgehead atoms. The third kappa shape index (κ3) is 3.28. The fraction of sp³-hybridized carbons (Fsp3) is 0.500. The molecule has 1 aliphatic rings. The summed E-state index contributed by atoms with van der Waals surface area (Å²) in [6.07, 6.45) is 3.15. The van der Waals surface area contributed by atoms with Crippen LogP contribution in [-0.2, 0) is 4.79 Å². The molecule has 0 radical (unpaired) electrons. The lowest BCUT2D eigenvalue weighted by molar-refractivity contribution is -0.151. The van der Waals surface area contributed by atoms with E-state index in [4.69, 9.17) is 0 Å². The predicted molar refractivity (Wildman–Crippen MR) is 84.3 cm³/mol. The SMILES string of the molecule is Cc1ccc(Br)c(C(=O)NC2CCCCC2(C)C(=O)O)c1. The highest BCUT2D eigenvalue weighted by Crippen LogP contribution is 2.36. The van der Waals surface area contributed by atoms with Crippen LogP contribution < -0.4 is 5.32 Å². The van der Waals surface area contributed by atoms with Gasteiger partial charge < -0.3 is 10.4 Å². The maximum absolute atomic E-state index is 12.5. The second-order valence-corrected chi connectivity index (χ2v) is 6.83. The van der Waals surface area contributed by atoms with Crippen molar-refractivity contribution in [2.24, 2.45) is 5.41 Å². The summed E-state index contributed by atoms with van der Waals surface area (Å²) in [4.78, 5) is 24.0. The molecule has 1 aromatic carbocycles. The number of hydrogen-bond donors (Lipinski definition) is 2. The summed E-state index contributed by atoms with van der Waals surface area (Å²) in [6.45, 7) is 3.65. The lowest BCUT2D eigenvalue weighted by atomic mass is 9.71. The van der Waals surface area contributed by atoms with E-state index in [0.29, 0.717) is 18.4 Å². The second-order valence-electron chi connectivity index (χ2n) is 5.98. The Balaban J connectivity index is 2.21. The van der Waals surface area contributed by atoms with Gasteiger partial charge in [0.15, 0.2) is 0 Å². The Kier molecular flexibility index (Phi) is 4.71. The molecule has 2 N–H and O–H groups in total. The van der Waals surface area contributed by atoms with Gasteiger partial charge in [0.2, 0.25) is 0 Å². The van der Waals surface area contributed by atoms with Crippen LogP contribution in [0.5, 0.6) is 0 Å². The normalized spacial score (nSPS) is 25.4. The van der Waals surface area contributed by atoms with Gasteiger partial charge in [0.05, 0.1) is 11.0 Å². The Labute approximate surface area is 133 Å². The second kappa shape index (κ2) is 6.18. The first-order chi connectivity index (χ1) is 9.84.